The van der Waals surface area contributed by atoms with Gasteiger partial charge >= 0.3 is 0 Å². The quantitative estimate of drug-likeness (QED) is 0.909. The van der Waals surface area contributed by atoms with E-state index in [4.69, 9.17) is 0 Å². The first-order chi connectivity index (χ1) is 9.63. The van der Waals surface area contributed by atoms with Crippen LogP contribution >= 0.6 is 0 Å². The normalized spacial score (nSPS) is 21.0. The van der Waals surface area contributed by atoms with Crippen LogP contribution in [0.15, 0.2) is 30.3 Å². The van der Waals surface area contributed by atoms with E-state index in [1.54, 1.807) is 4.90 Å². The second kappa shape index (κ2) is 6.86. The van der Waals surface area contributed by atoms with Gasteiger partial charge in [-0.05, 0) is 32.0 Å². The van der Waals surface area contributed by atoms with Crippen molar-refractivity contribution in [2.45, 2.75) is 31.9 Å². The van der Waals surface area contributed by atoms with E-state index in [0.29, 0.717) is 6.54 Å². The Morgan fingerprint density at radius 1 is 1.45 bits per heavy atom. The van der Waals surface area contributed by atoms with E-state index in [9.17, 15) is 9.90 Å². The minimum Gasteiger partial charge on any atom is -0.391 e. The Bertz CT molecular complexity index is 435. The first kappa shape index (κ1) is 15.0. The van der Waals surface area contributed by atoms with Gasteiger partial charge in [0.15, 0.2) is 0 Å². The van der Waals surface area contributed by atoms with Crippen molar-refractivity contribution in [2.75, 3.05) is 26.7 Å². The van der Waals surface area contributed by atoms with Crippen LogP contribution in [0.1, 0.15) is 31.4 Å². The predicted molar refractivity (Wildman–Crippen MR) is 79.3 cm³/mol. The molecule has 0 radical (unpaired) electrons. The number of benzene rings is 1. The molecular weight excluding hydrogens is 252 g/mol. The van der Waals surface area contributed by atoms with E-state index in [1.807, 2.05) is 44.3 Å². The molecule has 1 heterocycles. The molecule has 0 bridgehead atoms. The fourth-order valence-electron chi connectivity index (χ4n) is 2.73. The topological polar surface area (TPSA) is 43.8 Å². The number of aliphatic hydroxyl groups excluding tert-OH is 1. The Morgan fingerprint density at radius 2 is 2.15 bits per heavy atom. The summed E-state index contributed by atoms with van der Waals surface area (Å²) < 4.78 is 0. The Hall–Kier alpha value is -1.39. The summed E-state index contributed by atoms with van der Waals surface area (Å²) in [7, 11) is 1.97. The van der Waals surface area contributed by atoms with E-state index in [2.05, 4.69) is 4.90 Å². The van der Waals surface area contributed by atoms with Crippen LogP contribution in [0.2, 0.25) is 0 Å². The van der Waals surface area contributed by atoms with Gasteiger partial charge in [0.05, 0.1) is 6.10 Å². The lowest BCUT2D eigenvalue weighted by Gasteiger charge is -2.35. The SMILES string of the molecule is CCN(C)C(C(=O)N1CCCC(O)C1)c1ccccc1. The number of likely N-dealkylation sites (tertiary alicyclic amines) is 1. The van der Waals surface area contributed by atoms with Crippen LogP contribution in [0.5, 0.6) is 0 Å². The van der Waals surface area contributed by atoms with E-state index in [1.165, 1.54) is 0 Å². The fourth-order valence-corrected chi connectivity index (χ4v) is 2.73. The summed E-state index contributed by atoms with van der Waals surface area (Å²) in [6, 6.07) is 9.62. The van der Waals surface area contributed by atoms with Gasteiger partial charge in [0.1, 0.15) is 6.04 Å². The Kier molecular flexibility index (Phi) is 5.15. The van der Waals surface area contributed by atoms with Crippen LogP contribution in [0.4, 0.5) is 0 Å². The van der Waals surface area contributed by atoms with Crippen molar-refractivity contribution < 1.29 is 9.90 Å². The van der Waals surface area contributed by atoms with Gasteiger partial charge in [-0.15, -0.1) is 0 Å². The minimum atomic E-state index is -0.379. The summed E-state index contributed by atoms with van der Waals surface area (Å²) in [5, 5.41) is 9.77. The van der Waals surface area contributed by atoms with Crippen molar-refractivity contribution in [3.05, 3.63) is 35.9 Å². The Morgan fingerprint density at radius 3 is 2.75 bits per heavy atom. The molecule has 0 spiro atoms. The number of carbonyl (C=O) groups excluding carboxylic acids is 1. The molecule has 1 N–H and O–H groups in total. The van der Waals surface area contributed by atoms with Gasteiger partial charge in [0.2, 0.25) is 5.91 Å². The zero-order chi connectivity index (χ0) is 14.5. The molecule has 1 aliphatic heterocycles. The fraction of sp³-hybridized carbons (Fsp3) is 0.562. The molecule has 4 nitrogen and oxygen atoms in total. The molecule has 2 atom stereocenters. The maximum atomic E-state index is 12.8. The molecule has 2 unspecified atom stereocenters. The molecule has 2 rings (SSSR count). The van der Waals surface area contributed by atoms with Crippen molar-refractivity contribution in [1.29, 1.82) is 0 Å². The minimum absolute atomic E-state index is 0.0966. The third kappa shape index (κ3) is 3.38. The molecular formula is C16H24N2O2. The summed E-state index contributed by atoms with van der Waals surface area (Å²) in [4.78, 5) is 16.7. The van der Waals surface area contributed by atoms with E-state index < -0.39 is 0 Å². The number of carbonyl (C=O) groups is 1. The molecule has 1 saturated heterocycles. The summed E-state index contributed by atoms with van der Waals surface area (Å²) >= 11 is 0. The van der Waals surface area contributed by atoms with Crippen LogP contribution in [-0.4, -0.2) is 53.6 Å². The van der Waals surface area contributed by atoms with Gasteiger partial charge in [-0.3, -0.25) is 9.69 Å². The average Bonchev–Trinajstić information content (AvgIpc) is 2.48. The molecule has 4 heteroatoms. The number of amides is 1. The highest BCUT2D eigenvalue weighted by Crippen LogP contribution is 2.23. The molecule has 20 heavy (non-hydrogen) atoms. The van der Waals surface area contributed by atoms with Crippen molar-refractivity contribution in [3.8, 4) is 0 Å². The second-order valence-electron chi connectivity index (χ2n) is 5.47. The highest BCUT2D eigenvalue weighted by molar-refractivity contribution is 5.83. The lowest BCUT2D eigenvalue weighted by Crippen LogP contribution is -2.47. The number of rotatable bonds is 4. The van der Waals surface area contributed by atoms with Gasteiger partial charge in [-0.2, -0.15) is 0 Å². The third-order valence-corrected chi connectivity index (χ3v) is 4.00. The summed E-state index contributed by atoms with van der Waals surface area (Å²) in [6.07, 6.45) is 1.30. The van der Waals surface area contributed by atoms with Crippen LogP contribution in [0.25, 0.3) is 0 Å². The van der Waals surface area contributed by atoms with Gasteiger partial charge in [0, 0.05) is 13.1 Å². The van der Waals surface area contributed by atoms with E-state index >= 15 is 0 Å². The lowest BCUT2D eigenvalue weighted by atomic mass is 10.0. The van der Waals surface area contributed by atoms with Gasteiger partial charge in [0.25, 0.3) is 0 Å². The predicted octanol–water partition coefficient (Wildman–Crippen LogP) is 1.66. The largest absolute Gasteiger partial charge is 0.391 e. The van der Waals surface area contributed by atoms with E-state index in [-0.39, 0.29) is 18.1 Å². The molecule has 110 valence electrons. The number of piperidine rings is 1. The summed E-state index contributed by atoms with van der Waals surface area (Å²) in [5.74, 6) is 0.0966. The lowest BCUT2D eigenvalue weighted by molar-refractivity contribution is -0.139. The van der Waals surface area contributed by atoms with Crippen LogP contribution in [-0.2, 0) is 4.79 Å². The third-order valence-electron chi connectivity index (χ3n) is 4.00. The van der Waals surface area contributed by atoms with Crippen LogP contribution < -0.4 is 0 Å². The zero-order valence-electron chi connectivity index (χ0n) is 12.3. The first-order valence-corrected chi connectivity index (χ1v) is 7.35. The Labute approximate surface area is 121 Å². The molecule has 1 fully saturated rings. The van der Waals surface area contributed by atoms with Crippen molar-refractivity contribution >= 4 is 5.91 Å². The van der Waals surface area contributed by atoms with Crippen LogP contribution in [0.3, 0.4) is 0 Å². The van der Waals surface area contributed by atoms with E-state index in [0.717, 1.165) is 31.5 Å². The molecule has 1 amide bonds. The highest BCUT2D eigenvalue weighted by atomic mass is 16.3. The maximum absolute atomic E-state index is 12.8. The maximum Gasteiger partial charge on any atom is 0.244 e. The van der Waals surface area contributed by atoms with Gasteiger partial charge in [-0.25, -0.2) is 0 Å². The zero-order valence-corrected chi connectivity index (χ0v) is 12.3. The number of β-amino-alcohol motifs (C(OH)–C–C–N with tert-alkyl or cyclic N) is 1. The van der Waals surface area contributed by atoms with Crippen molar-refractivity contribution in [3.63, 3.8) is 0 Å². The molecule has 0 saturated carbocycles. The smallest absolute Gasteiger partial charge is 0.244 e. The highest BCUT2D eigenvalue weighted by Gasteiger charge is 2.31. The molecule has 0 aliphatic carbocycles. The molecule has 0 aromatic heterocycles. The molecule has 1 aromatic rings. The number of likely N-dealkylation sites (N-methyl/N-ethyl adjacent to an activating group) is 1. The monoisotopic (exact) mass is 276 g/mol. The number of nitrogens with zero attached hydrogens (tertiary/aromatic N) is 2. The number of aliphatic hydroxyl groups is 1. The molecule has 1 aromatic carbocycles. The van der Waals surface area contributed by atoms with Crippen molar-refractivity contribution in [1.82, 2.24) is 9.80 Å². The summed E-state index contributed by atoms with van der Waals surface area (Å²) in [5.41, 5.74) is 1.02. The number of hydrogen-bond donors (Lipinski definition) is 1. The number of hydrogen-bond acceptors (Lipinski definition) is 3. The van der Waals surface area contributed by atoms with Crippen molar-refractivity contribution in [2.24, 2.45) is 0 Å². The second-order valence-corrected chi connectivity index (χ2v) is 5.47. The average molecular weight is 276 g/mol. The standard InChI is InChI=1S/C16H24N2O2/c1-3-17(2)15(13-8-5-4-6-9-13)16(20)18-11-7-10-14(19)12-18/h4-6,8-9,14-15,19H,3,7,10-12H2,1-2H3. The van der Waals surface area contributed by atoms with Gasteiger partial charge in [-0.1, -0.05) is 37.3 Å². The van der Waals surface area contributed by atoms with Gasteiger partial charge < -0.3 is 10.0 Å². The van der Waals surface area contributed by atoms with Crippen LogP contribution in [0, 0.1) is 0 Å². The molecule has 1 aliphatic rings. The Balaban J connectivity index is 2.20. The first-order valence-electron chi connectivity index (χ1n) is 7.35. The summed E-state index contributed by atoms with van der Waals surface area (Å²) in [6.45, 7) is 4.06.